The molecule has 0 heterocycles. The van der Waals surface area contributed by atoms with Crippen LogP contribution in [0.2, 0.25) is 0 Å². The Labute approximate surface area is 122 Å². The van der Waals surface area contributed by atoms with Gasteiger partial charge in [-0.1, -0.05) is 6.07 Å². The summed E-state index contributed by atoms with van der Waals surface area (Å²) in [6.07, 6.45) is 0.0146. The summed E-state index contributed by atoms with van der Waals surface area (Å²) in [4.78, 5) is 11.8. The highest BCUT2D eigenvalue weighted by Gasteiger charge is 2.09. The second-order valence-corrected chi connectivity index (χ2v) is 5.27. The molecule has 0 bridgehead atoms. The highest BCUT2D eigenvalue weighted by Crippen LogP contribution is 2.18. The van der Waals surface area contributed by atoms with Crippen molar-refractivity contribution in [2.24, 2.45) is 0 Å². The number of rotatable bonds is 4. The van der Waals surface area contributed by atoms with Crippen molar-refractivity contribution in [1.29, 1.82) is 0 Å². The number of Topliss-reactive ketones (excluding diaryl/α,β-unsaturated/α-hetero) is 1. The molecule has 0 N–H and O–H groups in total. The molecule has 0 aliphatic heterocycles. The van der Waals surface area contributed by atoms with Crippen LogP contribution in [0.25, 0.3) is 0 Å². The molecule has 0 atom stereocenters. The van der Waals surface area contributed by atoms with Gasteiger partial charge in [0.2, 0.25) is 0 Å². The van der Waals surface area contributed by atoms with Crippen molar-refractivity contribution < 1.29 is 18.0 Å². The van der Waals surface area contributed by atoms with Gasteiger partial charge < -0.3 is 0 Å². The maximum absolute atomic E-state index is 13.1. The zero-order chi connectivity index (χ0) is 14.7. The average Bonchev–Trinajstić information content (AvgIpc) is 2.32. The number of carbonyl (C=O) groups excluding carboxylic acids is 1. The van der Waals surface area contributed by atoms with Crippen molar-refractivity contribution >= 4 is 21.7 Å². The summed E-state index contributed by atoms with van der Waals surface area (Å²) in [5.41, 5.74) is 0.925. The van der Waals surface area contributed by atoms with Crippen molar-refractivity contribution in [3.63, 3.8) is 0 Å². The first-order chi connectivity index (χ1) is 9.44. The molecule has 0 saturated heterocycles. The van der Waals surface area contributed by atoms with Crippen LogP contribution in [0, 0.1) is 17.5 Å². The van der Waals surface area contributed by atoms with Crippen molar-refractivity contribution in [2.75, 3.05) is 0 Å². The van der Waals surface area contributed by atoms with E-state index >= 15 is 0 Å². The lowest BCUT2D eigenvalue weighted by atomic mass is 10.0. The van der Waals surface area contributed by atoms with Crippen LogP contribution in [0.15, 0.2) is 40.9 Å². The molecule has 0 saturated carbocycles. The van der Waals surface area contributed by atoms with Crippen LogP contribution in [0.4, 0.5) is 13.2 Å². The number of halogens is 4. The Morgan fingerprint density at radius 2 is 1.50 bits per heavy atom. The number of hydrogen-bond acceptors (Lipinski definition) is 1. The molecule has 20 heavy (non-hydrogen) atoms. The summed E-state index contributed by atoms with van der Waals surface area (Å²) in [5.74, 6) is -2.03. The highest BCUT2D eigenvalue weighted by atomic mass is 79.9. The number of hydrogen-bond donors (Lipinski definition) is 0. The fourth-order valence-corrected chi connectivity index (χ4v) is 2.31. The highest BCUT2D eigenvalue weighted by molar-refractivity contribution is 9.10. The molecule has 2 aromatic rings. The lowest BCUT2D eigenvalue weighted by Gasteiger charge is -2.04. The monoisotopic (exact) mass is 342 g/mol. The van der Waals surface area contributed by atoms with E-state index in [1.807, 2.05) is 0 Å². The molecule has 0 radical (unpaired) electrons. The normalized spacial score (nSPS) is 10.6. The zero-order valence-electron chi connectivity index (χ0n) is 10.3. The van der Waals surface area contributed by atoms with Crippen molar-refractivity contribution in [1.82, 2.24) is 0 Å². The minimum atomic E-state index is -0.711. The van der Waals surface area contributed by atoms with Crippen LogP contribution in [0.1, 0.15) is 11.1 Å². The van der Waals surface area contributed by atoms with E-state index in [-0.39, 0.29) is 28.7 Å². The quantitative estimate of drug-likeness (QED) is 0.812. The molecule has 0 amide bonds. The Morgan fingerprint density at radius 3 is 2.10 bits per heavy atom. The summed E-state index contributed by atoms with van der Waals surface area (Å²) >= 11 is 3.04. The summed E-state index contributed by atoms with van der Waals surface area (Å²) in [6, 6.07) is 7.28. The lowest BCUT2D eigenvalue weighted by molar-refractivity contribution is -0.117. The Morgan fingerprint density at radius 1 is 0.900 bits per heavy atom. The Balaban J connectivity index is 2.06. The average molecular weight is 343 g/mol. The van der Waals surface area contributed by atoms with Gasteiger partial charge in [0.05, 0.1) is 4.47 Å². The van der Waals surface area contributed by atoms with Crippen LogP contribution < -0.4 is 0 Å². The number of carbonyl (C=O) groups is 1. The standard InChI is InChI=1S/C15H10BrF3O/c16-14-7-9(1-2-15(14)19)5-13(20)6-10-3-11(17)8-12(18)4-10/h1-4,7-8H,5-6H2. The predicted molar refractivity (Wildman–Crippen MR) is 72.9 cm³/mol. The van der Waals surface area contributed by atoms with E-state index in [0.29, 0.717) is 5.56 Å². The third-order valence-electron chi connectivity index (χ3n) is 2.71. The predicted octanol–water partition coefficient (Wildman–Crippen LogP) is 4.22. The SMILES string of the molecule is O=C(Cc1cc(F)cc(F)c1)Cc1ccc(F)c(Br)c1. The van der Waals surface area contributed by atoms with E-state index in [1.165, 1.54) is 18.2 Å². The van der Waals surface area contributed by atoms with Gasteiger partial charge in [-0.25, -0.2) is 13.2 Å². The van der Waals surface area contributed by atoms with E-state index in [2.05, 4.69) is 15.9 Å². The van der Waals surface area contributed by atoms with Gasteiger partial charge in [0.25, 0.3) is 0 Å². The van der Waals surface area contributed by atoms with E-state index in [0.717, 1.165) is 18.2 Å². The summed E-state index contributed by atoms with van der Waals surface area (Å²) < 4.78 is 39.3. The third-order valence-corrected chi connectivity index (χ3v) is 3.32. The molecule has 0 spiro atoms. The maximum atomic E-state index is 13.1. The van der Waals surface area contributed by atoms with Gasteiger partial charge in [-0.2, -0.15) is 0 Å². The first-order valence-corrected chi connectivity index (χ1v) is 6.64. The van der Waals surface area contributed by atoms with Gasteiger partial charge in [0, 0.05) is 18.9 Å². The Bertz CT molecular complexity index is 635. The van der Waals surface area contributed by atoms with Crippen LogP contribution in [0.5, 0.6) is 0 Å². The molecule has 0 aliphatic carbocycles. The molecule has 0 fully saturated rings. The van der Waals surface area contributed by atoms with E-state index in [4.69, 9.17) is 0 Å². The van der Waals surface area contributed by atoms with Crippen LogP contribution in [-0.2, 0) is 17.6 Å². The molecular formula is C15H10BrF3O. The van der Waals surface area contributed by atoms with Gasteiger partial charge in [0.15, 0.2) is 0 Å². The van der Waals surface area contributed by atoms with Gasteiger partial charge in [-0.15, -0.1) is 0 Å². The number of ketones is 1. The molecular weight excluding hydrogens is 333 g/mol. The molecule has 0 aliphatic rings. The molecule has 0 unspecified atom stereocenters. The van der Waals surface area contributed by atoms with Gasteiger partial charge in [0.1, 0.15) is 23.2 Å². The van der Waals surface area contributed by atoms with E-state index in [9.17, 15) is 18.0 Å². The minimum Gasteiger partial charge on any atom is -0.299 e. The molecule has 2 aromatic carbocycles. The summed E-state index contributed by atoms with van der Waals surface area (Å²) in [7, 11) is 0. The van der Waals surface area contributed by atoms with Gasteiger partial charge >= 0.3 is 0 Å². The minimum absolute atomic E-state index is 0.0658. The largest absolute Gasteiger partial charge is 0.299 e. The van der Waals surface area contributed by atoms with E-state index < -0.39 is 17.5 Å². The second-order valence-electron chi connectivity index (χ2n) is 4.42. The molecule has 1 nitrogen and oxygen atoms in total. The van der Waals surface area contributed by atoms with Crippen LogP contribution >= 0.6 is 15.9 Å². The molecule has 2 rings (SSSR count). The number of benzene rings is 2. The molecule has 0 aromatic heterocycles. The van der Waals surface area contributed by atoms with Crippen LogP contribution in [-0.4, -0.2) is 5.78 Å². The molecule has 5 heteroatoms. The first kappa shape index (κ1) is 14.8. The van der Waals surface area contributed by atoms with Crippen LogP contribution in [0.3, 0.4) is 0 Å². The van der Waals surface area contributed by atoms with Crippen molar-refractivity contribution in [3.05, 3.63) is 69.4 Å². The fourth-order valence-electron chi connectivity index (χ4n) is 1.88. The second kappa shape index (κ2) is 6.22. The van der Waals surface area contributed by atoms with Gasteiger partial charge in [-0.05, 0) is 51.3 Å². The summed E-state index contributed by atoms with van der Waals surface area (Å²) in [6.45, 7) is 0. The maximum Gasteiger partial charge on any atom is 0.141 e. The van der Waals surface area contributed by atoms with E-state index in [1.54, 1.807) is 0 Å². The smallest absolute Gasteiger partial charge is 0.141 e. The first-order valence-electron chi connectivity index (χ1n) is 5.84. The summed E-state index contributed by atoms with van der Waals surface area (Å²) in [5, 5.41) is 0. The fraction of sp³-hybridized carbons (Fsp3) is 0.133. The van der Waals surface area contributed by atoms with Crippen molar-refractivity contribution in [2.45, 2.75) is 12.8 Å². The lowest BCUT2D eigenvalue weighted by Crippen LogP contribution is -2.07. The van der Waals surface area contributed by atoms with Gasteiger partial charge in [-0.3, -0.25) is 4.79 Å². The topological polar surface area (TPSA) is 17.1 Å². The van der Waals surface area contributed by atoms with Crippen molar-refractivity contribution in [3.8, 4) is 0 Å². The Hall–Kier alpha value is -1.62. The third kappa shape index (κ3) is 3.93. The Kier molecular flexibility index (Phi) is 4.60. The molecule has 104 valence electrons. The zero-order valence-corrected chi connectivity index (χ0v) is 11.9.